The van der Waals surface area contributed by atoms with Gasteiger partial charge in [0.15, 0.2) is 5.96 Å². The van der Waals surface area contributed by atoms with Gasteiger partial charge in [0.05, 0.1) is 26.4 Å². The SMILES string of the molecule is CCCOc1ncccc1CN=C(N)N1CCOCC1.I. The third kappa shape index (κ3) is 5.66. The van der Waals surface area contributed by atoms with Crippen molar-refractivity contribution in [1.82, 2.24) is 9.88 Å². The summed E-state index contributed by atoms with van der Waals surface area (Å²) in [7, 11) is 0. The maximum atomic E-state index is 6.01. The Bertz CT molecular complexity index is 450. The molecule has 2 heterocycles. The van der Waals surface area contributed by atoms with Gasteiger partial charge in [0.1, 0.15) is 0 Å². The second-order valence-electron chi connectivity index (χ2n) is 4.59. The zero-order valence-corrected chi connectivity index (χ0v) is 14.7. The van der Waals surface area contributed by atoms with Crippen molar-refractivity contribution in [2.75, 3.05) is 32.9 Å². The van der Waals surface area contributed by atoms with Crippen LogP contribution in [0, 0.1) is 0 Å². The number of nitrogens with two attached hydrogens (primary N) is 1. The van der Waals surface area contributed by atoms with Crippen molar-refractivity contribution in [3.05, 3.63) is 23.9 Å². The minimum atomic E-state index is 0. The lowest BCUT2D eigenvalue weighted by Crippen LogP contribution is -2.44. The van der Waals surface area contributed by atoms with E-state index in [4.69, 9.17) is 15.2 Å². The number of aliphatic imine (C=N–C) groups is 1. The summed E-state index contributed by atoms with van der Waals surface area (Å²) in [6, 6.07) is 3.85. The van der Waals surface area contributed by atoms with Gasteiger partial charge in [0, 0.05) is 24.8 Å². The van der Waals surface area contributed by atoms with Gasteiger partial charge in [0.2, 0.25) is 5.88 Å². The highest BCUT2D eigenvalue weighted by Gasteiger charge is 2.12. The molecular formula is C14H23IN4O2. The van der Waals surface area contributed by atoms with Gasteiger partial charge in [-0.2, -0.15) is 0 Å². The van der Waals surface area contributed by atoms with Crippen molar-refractivity contribution in [2.24, 2.45) is 10.7 Å². The number of rotatable bonds is 5. The third-order valence-corrected chi connectivity index (χ3v) is 3.04. The number of hydrogen-bond donors (Lipinski definition) is 1. The van der Waals surface area contributed by atoms with E-state index in [1.54, 1.807) is 6.20 Å². The number of ether oxygens (including phenoxy) is 2. The Morgan fingerprint density at radius 1 is 1.48 bits per heavy atom. The third-order valence-electron chi connectivity index (χ3n) is 3.04. The van der Waals surface area contributed by atoms with Crippen molar-refractivity contribution in [1.29, 1.82) is 0 Å². The molecule has 0 unspecified atom stereocenters. The fourth-order valence-corrected chi connectivity index (χ4v) is 1.93. The van der Waals surface area contributed by atoms with Crippen molar-refractivity contribution in [3.63, 3.8) is 0 Å². The molecule has 0 saturated carbocycles. The Morgan fingerprint density at radius 2 is 2.24 bits per heavy atom. The molecule has 0 bridgehead atoms. The van der Waals surface area contributed by atoms with Gasteiger partial charge in [0.25, 0.3) is 0 Å². The Balaban J connectivity index is 0.00000220. The van der Waals surface area contributed by atoms with Crippen LogP contribution in [0.25, 0.3) is 0 Å². The average Bonchev–Trinajstić information content (AvgIpc) is 2.52. The summed E-state index contributed by atoms with van der Waals surface area (Å²) >= 11 is 0. The first-order valence-electron chi connectivity index (χ1n) is 7.00. The van der Waals surface area contributed by atoms with E-state index in [1.165, 1.54) is 0 Å². The molecule has 0 aliphatic carbocycles. The Morgan fingerprint density at radius 3 is 2.95 bits per heavy atom. The minimum Gasteiger partial charge on any atom is -0.477 e. The summed E-state index contributed by atoms with van der Waals surface area (Å²) in [5, 5.41) is 0. The number of halogens is 1. The quantitative estimate of drug-likeness (QED) is 0.457. The van der Waals surface area contributed by atoms with Gasteiger partial charge >= 0.3 is 0 Å². The van der Waals surface area contributed by atoms with Crippen molar-refractivity contribution < 1.29 is 9.47 Å². The Labute approximate surface area is 142 Å². The molecule has 0 amide bonds. The molecule has 7 heteroatoms. The number of nitrogens with zero attached hydrogens (tertiary/aromatic N) is 3. The van der Waals surface area contributed by atoms with E-state index in [0.29, 0.717) is 38.2 Å². The van der Waals surface area contributed by atoms with Crippen molar-refractivity contribution >= 4 is 29.9 Å². The van der Waals surface area contributed by atoms with E-state index >= 15 is 0 Å². The zero-order valence-electron chi connectivity index (χ0n) is 12.3. The fraction of sp³-hybridized carbons (Fsp3) is 0.571. The standard InChI is InChI=1S/C14H22N4O2.HI/c1-2-8-20-13-12(4-3-5-16-13)11-17-14(15)18-6-9-19-10-7-18;/h3-5H,2,6-11H2,1H3,(H2,15,17);1H. The molecule has 1 aromatic heterocycles. The highest BCUT2D eigenvalue weighted by molar-refractivity contribution is 14.0. The van der Waals surface area contributed by atoms with Crippen LogP contribution in [0.2, 0.25) is 0 Å². The predicted molar refractivity (Wildman–Crippen MR) is 93.2 cm³/mol. The van der Waals surface area contributed by atoms with Gasteiger partial charge in [-0.15, -0.1) is 24.0 Å². The molecule has 1 aliphatic heterocycles. The summed E-state index contributed by atoms with van der Waals surface area (Å²) in [6.07, 6.45) is 2.68. The second kappa shape index (κ2) is 9.78. The van der Waals surface area contributed by atoms with Gasteiger partial charge in [-0.05, 0) is 12.5 Å². The smallest absolute Gasteiger partial charge is 0.218 e. The lowest BCUT2D eigenvalue weighted by molar-refractivity contribution is 0.0674. The number of aromatic nitrogens is 1. The van der Waals surface area contributed by atoms with E-state index in [9.17, 15) is 0 Å². The molecule has 0 aromatic carbocycles. The second-order valence-corrected chi connectivity index (χ2v) is 4.59. The van der Waals surface area contributed by atoms with Crippen LogP contribution in [-0.2, 0) is 11.3 Å². The van der Waals surface area contributed by atoms with Crippen molar-refractivity contribution in [3.8, 4) is 5.88 Å². The van der Waals surface area contributed by atoms with Gasteiger partial charge in [-0.3, -0.25) is 0 Å². The molecular weight excluding hydrogens is 383 g/mol. The topological polar surface area (TPSA) is 73.0 Å². The Hall–Kier alpha value is -1.09. The first kappa shape index (κ1) is 18.0. The molecule has 1 aromatic rings. The average molecular weight is 406 g/mol. The highest BCUT2D eigenvalue weighted by atomic mass is 127. The maximum absolute atomic E-state index is 6.01. The van der Waals surface area contributed by atoms with Crippen LogP contribution in [0.5, 0.6) is 5.88 Å². The number of guanidine groups is 1. The van der Waals surface area contributed by atoms with Crippen LogP contribution in [0.3, 0.4) is 0 Å². The molecule has 118 valence electrons. The molecule has 1 saturated heterocycles. The Kier molecular flexibility index (Phi) is 8.36. The largest absolute Gasteiger partial charge is 0.477 e. The van der Waals surface area contributed by atoms with E-state index in [2.05, 4.69) is 16.9 Å². The molecule has 0 atom stereocenters. The number of pyridine rings is 1. The first-order valence-corrected chi connectivity index (χ1v) is 7.00. The summed E-state index contributed by atoms with van der Waals surface area (Å²) < 4.78 is 10.9. The summed E-state index contributed by atoms with van der Waals surface area (Å²) in [5.41, 5.74) is 6.96. The molecule has 1 fully saturated rings. The van der Waals surface area contributed by atoms with E-state index in [0.717, 1.165) is 25.1 Å². The molecule has 21 heavy (non-hydrogen) atoms. The normalized spacial score (nSPS) is 15.5. The van der Waals surface area contributed by atoms with Crippen LogP contribution in [0.4, 0.5) is 0 Å². The number of hydrogen-bond acceptors (Lipinski definition) is 4. The fourth-order valence-electron chi connectivity index (χ4n) is 1.93. The first-order chi connectivity index (χ1) is 9.81. The molecule has 2 rings (SSSR count). The molecule has 0 radical (unpaired) electrons. The summed E-state index contributed by atoms with van der Waals surface area (Å²) in [6.45, 7) is 6.20. The maximum Gasteiger partial charge on any atom is 0.218 e. The molecule has 2 N–H and O–H groups in total. The van der Waals surface area contributed by atoms with Crippen molar-refractivity contribution in [2.45, 2.75) is 19.9 Å². The lowest BCUT2D eigenvalue weighted by Gasteiger charge is -2.27. The predicted octanol–water partition coefficient (Wildman–Crippen LogP) is 1.64. The minimum absolute atomic E-state index is 0. The molecule has 0 spiro atoms. The number of morpholine rings is 1. The molecule has 1 aliphatic rings. The van der Waals surface area contributed by atoms with Gasteiger partial charge in [-0.25, -0.2) is 9.98 Å². The lowest BCUT2D eigenvalue weighted by atomic mass is 10.3. The zero-order chi connectivity index (χ0) is 14.2. The van der Waals surface area contributed by atoms with Crippen LogP contribution in [0.1, 0.15) is 18.9 Å². The van der Waals surface area contributed by atoms with Gasteiger partial charge < -0.3 is 20.1 Å². The summed E-state index contributed by atoms with van der Waals surface area (Å²) in [5.74, 6) is 1.20. The van der Waals surface area contributed by atoms with E-state index in [-0.39, 0.29) is 24.0 Å². The monoisotopic (exact) mass is 406 g/mol. The molecule has 6 nitrogen and oxygen atoms in total. The van der Waals surface area contributed by atoms with Crippen LogP contribution in [0.15, 0.2) is 23.3 Å². The van der Waals surface area contributed by atoms with Crippen LogP contribution in [-0.4, -0.2) is 48.8 Å². The highest BCUT2D eigenvalue weighted by Crippen LogP contribution is 2.15. The van der Waals surface area contributed by atoms with Crippen LogP contribution >= 0.6 is 24.0 Å². The van der Waals surface area contributed by atoms with E-state index < -0.39 is 0 Å². The summed E-state index contributed by atoms with van der Waals surface area (Å²) in [4.78, 5) is 10.7. The van der Waals surface area contributed by atoms with Gasteiger partial charge in [-0.1, -0.05) is 13.0 Å². The van der Waals surface area contributed by atoms with Crippen LogP contribution < -0.4 is 10.5 Å². The van der Waals surface area contributed by atoms with E-state index in [1.807, 2.05) is 17.0 Å².